The number of rotatable bonds is 5. The quantitative estimate of drug-likeness (QED) is 0.731. The number of fused-ring (bicyclic) bond motifs is 1. The molecule has 1 aromatic heterocycles. The van der Waals surface area contributed by atoms with Gasteiger partial charge in [-0.2, -0.15) is 0 Å². The van der Waals surface area contributed by atoms with Gasteiger partial charge in [-0.3, -0.25) is 0 Å². The number of benzene rings is 2. The number of methoxy groups -OCH3 is 2. The van der Waals surface area contributed by atoms with Gasteiger partial charge < -0.3 is 24.8 Å². The molecule has 0 aliphatic rings. The van der Waals surface area contributed by atoms with E-state index in [1.54, 1.807) is 57.7 Å². The first-order valence-corrected chi connectivity index (χ1v) is 7.78. The molecule has 0 bridgehead atoms. The molecule has 1 heterocycles. The Morgan fingerprint density at radius 1 is 1.00 bits per heavy atom. The van der Waals surface area contributed by atoms with E-state index in [9.17, 15) is 4.79 Å². The summed E-state index contributed by atoms with van der Waals surface area (Å²) in [4.78, 5) is 19.8. The fourth-order valence-electron chi connectivity index (χ4n) is 2.35. The summed E-state index contributed by atoms with van der Waals surface area (Å²) in [6.45, 7) is 0. The minimum absolute atomic E-state index is 0.290. The van der Waals surface area contributed by atoms with Crippen LogP contribution in [0.2, 0.25) is 0 Å². The Balaban J connectivity index is 1.90. The molecule has 3 aromatic rings. The van der Waals surface area contributed by atoms with E-state index in [-0.39, 0.29) is 6.03 Å². The molecule has 0 unspecified atom stereocenters. The van der Waals surface area contributed by atoms with Crippen LogP contribution in [0.1, 0.15) is 0 Å². The van der Waals surface area contributed by atoms with Crippen LogP contribution in [0, 0.1) is 0 Å². The van der Waals surface area contributed by atoms with E-state index in [0.717, 1.165) is 0 Å². The Bertz CT molecular complexity index is 928. The first kappa shape index (κ1) is 17.3. The number of nitrogens with one attached hydrogen (secondary N) is 2. The molecule has 3 rings (SSSR count). The molecule has 0 aliphatic carbocycles. The molecule has 8 nitrogen and oxygen atoms in total. The summed E-state index contributed by atoms with van der Waals surface area (Å²) in [5, 5.41) is 5.86. The summed E-state index contributed by atoms with van der Waals surface area (Å²) in [5.74, 6) is 2.10. The summed E-state index contributed by atoms with van der Waals surface area (Å²) < 4.78 is 16.5. The number of urea groups is 1. The summed E-state index contributed by atoms with van der Waals surface area (Å²) in [6.07, 6.45) is 1.42. The van der Waals surface area contributed by atoms with Gasteiger partial charge in [-0.05, 0) is 30.3 Å². The van der Waals surface area contributed by atoms with Crippen LogP contribution < -0.4 is 24.8 Å². The van der Waals surface area contributed by atoms with Gasteiger partial charge in [-0.15, -0.1) is 0 Å². The van der Waals surface area contributed by atoms with Crippen molar-refractivity contribution in [2.45, 2.75) is 0 Å². The average Bonchev–Trinajstić information content (AvgIpc) is 2.68. The SMILES string of the molecule is CNC(=O)Nc1ccc(Oc2ncnc3cc(OC)c(OC)cc23)cc1. The second-order valence-corrected chi connectivity index (χ2v) is 5.23. The summed E-state index contributed by atoms with van der Waals surface area (Å²) in [6, 6.07) is 10.2. The number of amides is 2. The zero-order valence-electron chi connectivity index (χ0n) is 14.6. The number of ether oxygens (including phenoxy) is 3. The predicted molar refractivity (Wildman–Crippen MR) is 97.2 cm³/mol. The van der Waals surface area contributed by atoms with Crippen LogP contribution >= 0.6 is 0 Å². The van der Waals surface area contributed by atoms with Crippen molar-refractivity contribution in [2.24, 2.45) is 0 Å². The zero-order valence-corrected chi connectivity index (χ0v) is 14.6. The zero-order chi connectivity index (χ0) is 18.5. The first-order chi connectivity index (χ1) is 12.6. The maximum absolute atomic E-state index is 11.3. The molecule has 2 aromatic carbocycles. The standard InChI is InChI=1S/C18H18N4O4/c1-19-18(23)22-11-4-6-12(7-5-11)26-17-13-8-15(24-2)16(25-3)9-14(13)20-10-21-17/h4-10H,1-3H3,(H2,19,22,23). The van der Waals surface area contributed by atoms with Gasteiger partial charge in [0.1, 0.15) is 12.1 Å². The number of aromatic nitrogens is 2. The largest absolute Gasteiger partial charge is 0.493 e. The van der Waals surface area contributed by atoms with E-state index in [1.165, 1.54) is 6.33 Å². The molecule has 0 saturated carbocycles. The highest BCUT2D eigenvalue weighted by atomic mass is 16.5. The van der Waals surface area contributed by atoms with Crippen molar-refractivity contribution in [3.05, 3.63) is 42.7 Å². The molecule has 0 saturated heterocycles. The molecule has 8 heteroatoms. The maximum Gasteiger partial charge on any atom is 0.318 e. The van der Waals surface area contributed by atoms with Gasteiger partial charge in [0, 0.05) is 18.8 Å². The topological polar surface area (TPSA) is 94.6 Å². The molecule has 0 aliphatic heterocycles. The van der Waals surface area contributed by atoms with Crippen LogP contribution in [0.25, 0.3) is 10.9 Å². The number of nitrogens with zero attached hydrogens (tertiary/aromatic N) is 2. The van der Waals surface area contributed by atoms with Crippen LogP contribution in [-0.4, -0.2) is 37.3 Å². The van der Waals surface area contributed by atoms with E-state index in [2.05, 4.69) is 20.6 Å². The van der Waals surface area contributed by atoms with Crippen LogP contribution in [0.4, 0.5) is 10.5 Å². The third-order valence-corrected chi connectivity index (χ3v) is 3.66. The lowest BCUT2D eigenvalue weighted by Gasteiger charge is -2.11. The Morgan fingerprint density at radius 2 is 1.69 bits per heavy atom. The third-order valence-electron chi connectivity index (χ3n) is 3.66. The van der Waals surface area contributed by atoms with Crippen LogP contribution in [-0.2, 0) is 0 Å². The van der Waals surface area contributed by atoms with Gasteiger partial charge in [-0.1, -0.05) is 0 Å². The van der Waals surface area contributed by atoms with Crippen LogP contribution in [0.3, 0.4) is 0 Å². The van der Waals surface area contributed by atoms with E-state index in [1.807, 2.05) is 0 Å². The van der Waals surface area contributed by atoms with Gasteiger partial charge in [0.25, 0.3) is 0 Å². The molecule has 0 fully saturated rings. The highest BCUT2D eigenvalue weighted by molar-refractivity contribution is 5.89. The van der Waals surface area contributed by atoms with Gasteiger partial charge in [0.2, 0.25) is 5.88 Å². The minimum Gasteiger partial charge on any atom is -0.493 e. The predicted octanol–water partition coefficient (Wildman–Crippen LogP) is 3.19. The first-order valence-electron chi connectivity index (χ1n) is 7.78. The average molecular weight is 354 g/mol. The van der Waals surface area contributed by atoms with Crippen molar-refractivity contribution in [3.8, 4) is 23.1 Å². The number of hydrogen-bond acceptors (Lipinski definition) is 6. The Hall–Kier alpha value is -3.55. The van der Waals surface area contributed by atoms with Crippen molar-refractivity contribution in [2.75, 3.05) is 26.6 Å². The fraction of sp³-hybridized carbons (Fsp3) is 0.167. The molecule has 0 atom stereocenters. The molecular weight excluding hydrogens is 336 g/mol. The fourth-order valence-corrected chi connectivity index (χ4v) is 2.35. The number of carbonyl (C=O) groups excluding carboxylic acids is 1. The number of carbonyl (C=O) groups is 1. The smallest absolute Gasteiger partial charge is 0.318 e. The molecule has 0 radical (unpaired) electrons. The summed E-state index contributed by atoms with van der Waals surface area (Å²) in [5.41, 5.74) is 1.32. The van der Waals surface area contributed by atoms with E-state index in [0.29, 0.717) is 39.7 Å². The lowest BCUT2D eigenvalue weighted by Crippen LogP contribution is -2.24. The molecule has 26 heavy (non-hydrogen) atoms. The second-order valence-electron chi connectivity index (χ2n) is 5.23. The molecule has 2 amide bonds. The Kier molecular flexibility index (Phi) is 5.02. The van der Waals surface area contributed by atoms with Crippen LogP contribution in [0.15, 0.2) is 42.7 Å². The lowest BCUT2D eigenvalue weighted by atomic mass is 10.2. The number of hydrogen-bond donors (Lipinski definition) is 2. The van der Waals surface area contributed by atoms with Gasteiger partial charge in [0.05, 0.1) is 25.1 Å². The molecule has 2 N–H and O–H groups in total. The van der Waals surface area contributed by atoms with Crippen LogP contribution in [0.5, 0.6) is 23.1 Å². The monoisotopic (exact) mass is 354 g/mol. The normalized spacial score (nSPS) is 10.3. The second kappa shape index (κ2) is 7.56. The highest BCUT2D eigenvalue weighted by Gasteiger charge is 2.12. The van der Waals surface area contributed by atoms with Gasteiger partial charge >= 0.3 is 6.03 Å². The maximum atomic E-state index is 11.3. The van der Waals surface area contributed by atoms with Crippen molar-refractivity contribution in [1.29, 1.82) is 0 Å². The van der Waals surface area contributed by atoms with Crippen molar-refractivity contribution in [1.82, 2.24) is 15.3 Å². The molecular formula is C18H18N4O4. The molecule has 134 valence electrons. The van der Waals surface area contributed by atoms with Gasteiger partial charge in [-0.25, -0.2) is 14.8 Å². The third kappa shape index (κ3) is 3.59. The Morgan fingerprint density at radius 3 is 2.35 bits per heavy atom. The number of anilines is 1. The molecule has 0 spiro atoms. The Labute approximate surface area is 150 Å². The highest BCUT2D eigenvalue weighted by Crippen LogP contribution is 2.35. The van der Waals surface area contributed by atoms with Gasteiger partial charge in [0.15, 0.2) is 11.5 Å². The van der Waals surface area contributed by atoms with Crippen molar-refractivity contribution in [3.63, 3.8) is 0 Å². The van der Waals surface area contributed by atoms with Crippen molar-refractivity contribution < 1.29 is 19.0 Å². The summed E-state index contributed by atoms with van der Waals surface area (Å²) >= 11 is 0. The van der Waals surface area contributed by atoms with Crippen molar-refractivity contribution >= 4 is 22.6 Å². The van der Waals surface area contributed by atoms with E-state index in [4.69, 9.17) is 14.2 Å². The minimum atomic E-state index is -0.290. The summed E-state index contributed by atoms with van der Waals surface area (Å²) in [7, 11) is 4.68. The van der Waals surface area contributed by atoms with E-state index < -0.39 is 0 Å². The lowest BCUT2D eigenvalue weighted by molar-refractivity contribution is 0.254. The van der Waals surface area contributed by atoms with E-state index >= 15 is 0 Å².